The summed E-state index contributed by atoms with van der Waals surface area (Å²) >= 11 is 0. The number of rotatable bonds is 6. The average molecular weight is 438 g/mol. The molecule has 1 fully saturated rings. The van der Waals surface area contributed by atoms with Gasteiger partial charge in [-0.15, -0.1) is 0 Å². The van der Waals surface area contributed by atoms with Crippen LogP contribution in [0.2, 0.25) is 0 Å². The highest BCUT2D eigenvalue weighted by molar-refractivity contribution is 5.99. The van der Waals surface area contributed by atoms with Crippen molar-refractivity contribution < 1.29 is 23.9 Å². The van der Waals surface area contributed by atoms with Crippen LogP contribution in [0.15, 0.2) is 48.5 Å². The van der Waals surface area contributed by atoms with E-state index in [1.54, 1.807) is 0 Å². The van der Waals surface area contributed by atoms with E-state index in [4.69, 9.17) is 0 Å². The van der Waals surface area contributed by atoms with Crippen LogP contribution >= 0.6 is 0 Å². The fourth-order valence-corrected chi connectivity index (χ4v) is 4.94. The number of piperazine rings is 1. The maximum atomic E-state index is 13.8. The molecule has 1 saturated heterocycles. The van der Waals surface area contributed by atoms with Crippen molar-refractivity contribution in [3.05, 3.63) is 71.0 Å². The lowest BCUT2D eigenvalue weighted by molar-refractivity contribution is -0.162. The molecule has 0 aromatic heterocycles. The summed E-state index contributed by atoms with van der Waals surface area (Å²) in [6.45, 7) is 3.84. The van der Waals surface area contributed by atoms with E-state index in [0.717, 1.165) is 11.1 Å². The quantitative estimate of drug-likeness (QED) is 0.726. The number of hydrogen-bond donors (Lipinski definition) is 2. The number of aliphatic carboxylic acids is 1. The molecular formula is C25H27FN2O4. The minimum Gasteiger partial charge on any atom is -0.479 e. The summed E-state index contributed by atoms with van der Waals surface area (Å²) < 4.78 is 13.5. The number of nitrogens with one attached hydrogen (secondary N) is 1. The number of carboxylic acids is 1. The van der Waals surface area contributed by atoms with E-state index in [1.165, 1.54) is 29.2 Å². The van der Waals surface area contributed by atoms with Crippen LogP contribution in [-0.2, 0) is 27.2 Å². The molecule has 168 valence electrons. The highest BCUT2D eigenvalue weighted by Gasteiger charge is 2.49. The van der Waals surface area contributed by atoms with Gasteiger partial charge in [0.05, 0.1) is 0 Å². The predicted octanol–water partition coefficient (Wildman–Crippen LogP) is 3.11. The van der Waals surface area contributed by atoms with Crippen LogP contribution < -0.4 is 5.32 Å². The summed E-state index contributed by atoms with van der Waals surface area (Å²) in [5, 5.41) is 13.0. The largest absolute Gasteiger partial charge is 0.479 e. The first-order valence-electron chi connectivity index (χ1n) is 10.9. The number of nitrogens with zero attached hydrogens (tertiary/aromatic N) is 1. The van der Waals surface area contributed by atoms with E-state index in [-0.39, 0.29) is 23.3 Å². The molecule has 0 bridgehead atoms. The molecule has 2 amide bonds. The zero-order chi connectivity index (χ0) is 23.0. The van der Waals surface area contributed by atoms with Crippen LogP contribution in [0, 0.1) is 17.7 Å². The molecule has 0 radical (unpaired) electrons. The first-order valence-corrected chi connectivity index (χ1v) is 10.9. The molecule has 32 heavy (non-hydrogen) atoms. The van der Waals surface area contributed by atoms with E-state index in [1.807, 2.05) is 38.1 Å². The maximum Gasteiger partial charge on any atom is 0.331 e. The molecule has 2 N–H and O–H groups in total. The summed E-state index contributed by atoms with van der Waals surface area (Å²) in [5.41, 5.74) is 2.55. The Morgan fingerprint density at radius 2 is 1.69 bits per heavy atom. The molecule has 1 aliphatic carbocycles. The molecule has 2 aliphatic rings. The van der Waals surface area contributed by atoms with E-state index < -0.39 is 35.8 Å². The van der Waals surface area contributed by atoms with Crippen molar-refractivity contribution >= 4 is 17.8 Å². The Balaban J connectivity index is 1.71. The van der Waals surface area contributed by atoms with E-state index in [0.29, 0.717) is 19.3 Å². The van der Waals surface area contributed by atoms with Gasteiger partial charge in [0.15, 0.2) is 6.04 Å². The van der Waals surface area contributed by atoms with Crippen molar-refractivity contribution in [1.29, 1.82) is 0 Å². The first-order chi connectivity index (χ1) is 15.3. The van der Waals surface area contributed by atoms with Crippen LogP contribution in [0.3, 0.4) is 0 Å². The zero-order valence-electron chi connectivity index (χ0n) is 18.1. The van der Waals surface area contributed by atoms with Gasteiger partial charge in [-0.1, -0.05) is 50.2 Å². The normalized spacial score (nSPS) is 22.1. The van der Waals surface area contributed by atoms with Crippen molar-refractivity contribution in [2.45, 2.75) is 51.2 Å². The first kappa shape index (κ1) is 22.0. The Morgan fingerprint density at radius 1 is 1.09 bits per heavy atom. The monoisotopic (exact) mass is 438 g/mol. The Hall–Kier alpha value is -3.22. The van der Waals surface area contributed by atoms with Gasteiger partial charge in [0.2, 0.25) is 11.8 Å². The minimum atomic E-state index is -1.37. The smallest absolute Gasteiger partial charge is 0.331 e. The predicted molar refractivity (Wildman–Crippen MR) is 116 cm³/mol. The topological polar surface area (TPSA) is 86.7 Å². The number of carbonyl (C=O) groups is 3. The van der Waals surface area contributed by atoms with E-state index in [9.17, 15) is 23.9 Å². The van der Waals surface area contributed by atoms with E-state index >= 15 is 0 Å². The molecule has 4 rings (SSSR count). The number of hydrogen-bond acceptors (Lipinski definition) is 3. The fraction of sp³-hybridized carbons (Fsp3) is 0.400. The van der Waals surface area contributed by atoms with Gasteiger partial charge in [-0.2, -0.15) is 0 Å². The Kier molecular flexibility index (Phi) is 6.00. The van der Waals surface area contributed by atoms with Crippen LogP contribution in [0.5, 0.6) is 0 Å². The highest BCUT2D eigenvalue weighted by atomic mass is 19.1. The second-order valence-corrected chi connectivity index (χ2v) is 9.11. The second-order valence-electron chi connectivity index (χ2n) is 9.11. The zero-order valence-corrected chi connectivity index (χ0v) is 18.1. The van der Waals surface area contributed by atoms with Gasteiger partial charge in [0.1, 0.15) is 17.9 Å². The fourth-order valence-electron chi connectivity index (χ4n) is 4.94. The molecule has 2 aromatic carbocycles. The number of benzene rings is 2. The third-order valence-corrected chi connectivity index (χ3v) is 6.40. The van der Waals surface area contributed by atoms with Gasteiger partial charge in [-0.3, -0.25) is 9.59 Å². The van der Waals surface area contributed by atoms with Crippen molar-refractivity contribution in [3.63, 3.8) is 0 Å². The van der Waals surface area contributed by atoms with Crippen LogP contribution in [-0.4, -0.2) is 39.9 Å². The Labute approximate surface area is 186 Å². The van der Waals surface area contributed by atoms with Gasteiger partial charge in [0.25, 0.3) is 0 Å². The minimum absolute atomic E-state index is 0.0657. The summed E-state index contributed by atoms with van der Waals surface area (Å²) in [4.78, 5) is 40.5. The maximum absolute atomic E-state index is 13.8. The third kappa shape index (κ3) is 4.11. The number of amides is 2. The third-order valence-electron chi connectivity index (χ3n) is 6.40. The molecule has 0 spiro atoms. The summed E-state index contributed by atoms with van der Waals surface area (Å²) in [5.74, 6) is -2.56. The number of carbonyl (C=O) groups excluding carboxylic acids is 2. The van der Waals surface area contributed by atoms with Gasteiger partial charge in [-0.05, 0) is 59.9 Å². The van der Waals surface area contributed by atoms with Crippen molar-refractivity contribution in [2.75, 3.05) is 0 Å². The molecule has 6 nitrogen and oxygen atoms in total. The molecule has 2 aromatic rings. The molecule has 1 aliphatic heterocycles. The lowest BCUT2D eigenvalue weighted by Gasteiger charge is -2.44. The number of carboxylic acid groups (broad SMARTS) is 1. The standard InChI is InChI=1S/C25H27FN2O4/c1-14(2)11-20-23(29)27-21(18-12-16-5-3-4-6-17(16)13-18)24(30)28(20)22(25(31)32)15-7-9-19(26)10-8-15/h3-10,14,18,20-22H,11-13H2,1-2H3,(H,27,29)(H,31,32)/t20-,21-,22-/m1/s1. The van der Waals surface area contributed by atoms with Crippen LogP contribution in [0.25, 0.3) is 0 Å². The van der Waals surface area contributed by atoms with Crippen molar-refractivity contribution in [2.24, 2.45) is 11.8 Å². The Morgan fingerprint density at radius 3 is 2.22 bits per heavy atom. The lowest BCUT2D eigenvalue weighted by Crippen LogP contribution is -2.66. The molecule has 1 heterocycles. The molecule has 0 saturated carbocycles. The Bertz CT molecular complexity index is 1010. The average Bonchev–Trinajstić information content (AvgIpc) is 3.17. The van der Waals surface area contributed by atoms with Gasteiger partial charge >= 0.3 is 5.97 Å². The lowest BCUT2D eigenvalue weighted by atomic mass is 9.88. The summed E-state index contributed by atoms with van der Waals surface area (Å²) in [7, 11) is 0. The second kappa shape index (κ2) is 8.73. The molecule has 7 heteroatoms. The molecular weight excluding hydrogens is 411 g/mol. The summed E-state index contributed by atoms with van der Waals surface area (Å²) in [6.07, 6.45) is 1.62. The van der Waals surface area contributed by atoms with Crippen LogP contribution in [0.1, 0.15) is 43.0 Å². The van der Waals surface area contributed by atoms with Crippen molar-refractivity contribution in [3.8, 4) is 0 Å². The molecule has 3 atom stereocenters. The van der Waals surface area contributed by atoms with E-state index in [2.05, 4.69) is 5.32 Å². The number of fused-ring (bicyclic) bond motifs is 1. The summed E-state index contributed by atoms with van der Waals surface area (Å²) in [6, 6.07) is 9.90. The SMILES string of the molecule is CC(C)C[C@@H]1C(=O)N[C@H](C2Cc3ccccc3C2)C(=O)N1[C@@H](C(=O)O)c1ccc(F)cc1. The van der Waals surface area contributed by atoms with Crippen molar-refractivity contribution in [1.82, 2.24) is 10.2 Å². The van der Waals surface area contributed by atoms with Gasteiger partial charge < -0.3 is 15.3 Å². The number of halogens is 1. The van der Waals surface area contributed by atoms with Gasteiger partial charge in [0, 0.05) is 0 Å². The van der Waals surface area contributed by atoms with Crippen LogP contribution in [0.4, 0.5) is 4.39 Å². The highest BCUT2D eigenvalue weighted by Crippen LogP contribution is 2.35. The van der Waals surface area contributed by atoms with Gasteiger partial charge in [-0.25, -0.2) is 9.18 Å². The molecule has 0 unspecified atom stereocenters.